The van der Waals surface area contributed by atoms with E-state index in [0.717, 1.165) is 23.5 Å². The lowest BCUT2D eigenvalue weighted by Crippen LogP contribution is -2.34. The first-order chi connectivity index (χ1) is 11.0. The van der Waals surface area contributed by atoms with E-state index in [-0.39, 0.29) is 24.1 Å². The number of anilines is 1. The molecule has 0 aliphatic carbocycles. The smallest absolute Gasteiger partial charge is 0.319 e. The van der Waals surface area contributed by atoms with Crippen LogP contribution in [0.5, 0.6) is 0 Å². The van der Waals surface area contributed by atoms with Gasteiger partial charge in [0.1, 0.15) is 5.76 Å². The van der Waals surface area contributed by atoms with Crippen molar-refractivity contribution in [1.29, 1.82) is 0 Å². The highest BCUT2D eigenvalue weighted by Crippen LogP contribution is 2.28. The third kappa shape index (κ3) is 3.57. The molecular formula is C14H16N4O4S. The molecule has 23 heavy (non-hydrogen) atoms. The fourth-order valence-corrected chi connectivity index (χ4v) is 3.36. The van der Waals surface area contributed by atoms with Gasteiger partial charge in [-0.1, -0.05) is 5.16 Å². The number of rotatable bonds is 4. The summed E-state index contributed by atoms with van der Waals surface area (Å²) < 4.78 is 9.57. The molecule has 0 spiro atoms. The van der Waals surface area contributed by atoms with Crippen molar-refractivity contribution in [3.05, 3.63) is 28.1 Å². The van der Waals surface area contributed by atoms with E-state index in [0.29, 0.717) is 17.4 Å². The Balaban J connectivity index is 1.66. The number of ether oxygens (including phenoxy) is 1. The maximum atomic E-state index is 12.1. The summed E-state index contributed by atoms with van der Waals surface area (Å²) in [6.45, 7) is 3.35. The van der Waals surface area contributed by atoms with Gasteiger partial charge in [-0.05, 0) is 6.92 Å². The number of thiazole rings is 1. The molecular weight excluding hydrogens is 320 g/mol. The number of esters is 1. The Kier molecular flexibility index (Phi) is 4.39. The van der Waals surface area contributed by atoms with Crippen molar-refractivity contribution in [1.82, 2.24) is 15.0 Å². The van der Waals surface area contributed by atoms with Crippen LogP contribution in [0, 0.1) is 6.92 Å². The molecule has 122 valence electrons. The monoisotopic (exact) mass is 336 g/mol. The maximum Gasteiger partial charge on any atom is 0.319 e. The van der Waals surface area contributed by atoms with Crippen molar-refractivity contribution in [2.45, 2.75) is 19.9 Å². The summed E-state index contributed by atoms with van der Waals surface area (Å²) in [6.07, 6.45) is 0.738. The molecule has 0 atom stereocenters. The van der Waals surface area contributed by atoms with Gasteiger partial charge in [-0.25, -0.2) is 4.98 Å². The second-order valence-electron chi connectivity index (χ2n) is 5.20. The number of aryl methyl sites for hydroxylation is 1. The molecule has 9 heteroatoms. The van der Waals surface area contributed by atoms with E-state index >= 15 is 0 Å². The minimum absolute atomic E-state index is 0.225. The number of methoxy groups -OCH3 is 1. The molecule has 1 N–H and O–H groups in total. The standard InChI is InChI=1S/C14H16N4O4S/c1-8-5-10(17-22-8)13(20)16-14-15-9-3-4-18(6-11(9)23-14)7-12(19)21-2/h5H,3-4,6-7H2,1-2H3,(H,15,16,20). The average molecular weight is 336 g/mol. The van der Waals surface area contributed by atoms with Crippen molar-refractivity contribution in [2.75, 3.05) is 25.5 Å². The van der Waals surface area contributed by atoms with Crippen LogP contribution in [-0.4, -0.2) is 47.1 Å². The van der Waals surface area contributed by atoms with Crippen molar-refractivity contribution in [3.8, 4) is 0 Å². The molecule has 1 aliphatic heterocycles. The lowest BCUT2D eigenvalue weighted by Gasteiger charge is -2.24. The predicted octanol–water partition coefficient (Wildman–Crippen LogP) is 1.22. The van der Waals surface area contributed by atoms with Gasteiger partial charge in [0.05, 0.1) is 19.3 Å². The normalized spacial score (nSPS) is 14.3. The van der Waals surface area contributed by atoms with Gasteiger partial charge < -0.3 is 9.26 Å². The van der Waals surface area contributed by atoms with Crippen LogP contribution in [0.25, 0.3) is 0 Å². The number of carbonyl (C=O) groups is 2. The maximum absolute atomic E-state index is 12.1. The number of hydrogen-bond acceptors (Lipinski definition) is 8. The second kappa shape index (κ2) is 6.47. The van der Waals surface area contributed by atoms with Crippen LogP contribution in [0.15, 0.2) is 10.6 Å². The number of hydrogen-bond donors (Lipinski definition) is 1. The topological polar surface area (TPSA) is 97.6 Å². The molecule has 0 unspecified atom stereocenters. The summed E-state index contributed by atoms with van der Waals surface area (Å²) in [6, 6.07) is 1.57. The minimum Gasteiger partial charge on any atom is -0.468 e. The summed E-state index contributed by atoms with van der Waals surface area (Å²) in [7, 11) is 1.38. The molecule has 8 nitrogen and oxygen atoms in total. The van der Waals surface area contributed by atoms with Crippen LogP contribution in [-0.2, 0) is 22.5 Å². The molecule has 3 heterocycles. The third-order valence-electron chi connectivity index (χ3n) is 3.47. The fourth-order valence-electron chi connectivity index (χ4n) is 2.32. The summed E-state index contributed by atoms with van der Waals surface area (Å²) in [5.74, 6) is -0.0284. The van der Waals surface area contributed by atoms with E-state index in [1.54, 1.807) is 13.0 Å². The van der Waals surface area contributed by atoms with Crippen molar-refractivity contribution in [3.63, 3.8) is 0 Å². The summed E-state index contributed by atoms with van der Waals surface area (Å²) in [5, 5.41) is 6.94. The molecule has 0 bridgehead atoms. The molecule has 1 amide bonds. The largest absolute Gasteiger partial charge is 0.468 e. The molecule has 0 radical (unpaired) electrons. The molecule has 0 saturated carbocycles. The van der Waals surface area contributed by atoms with Crippen molar-refractivity contribution >= 4 is 28.3 Å². The second-order valence-corrected chi connectivity index (χ2v) is 6.29. The zero-order valence-corrected chi connectivity index (χ0v) is 13.6. The molecule has 2 aromatic rings. The van der Waals surface area contributed by atoms with E-state index in [4.69, 9.17) is 4.52 Å². The SMILES string of the molecule is COC(=O)CN1CCc2nc(NC(=O)c3cc(C)on3)sc2C1. The number of amides is 1. The van der Waals surface area contributed by atoms with Crippen LogP contribution in [0.4, 0.5) is 5.13 Å². The number of nitrogens with one attached hydrogen (secondary N) is 1. The first-order valence-corrected chi connectivity index (χ1v) is 7.89. The van der Waals surface area contributed by atoms with Gasteiger partial charge in [0.15, 0.2) is 10.8 Å². The fraction of sp³-hybridized carbons (Fsp3) is 0.429. The van der Waals surface area contributed by atoms with Gasteiger partial charge in [0, 0.05) is 30.5 Å². The first-order valence-electron chi connectivity index (χ1n) is 7.07. The van der Waals surface area contributed by atoms with Gasteiger partial charge in [-0.2, -0.15) is 0 Å². The zero-order valence-electron chi connectivity index (χ0n) is 12.8. The Hall–Kier alpha value is -2.26. The van der Waals surface area contributed by atoms with Crippen molar-refractivity contribution < 1.29 is 18.8 Å². The number of nitrogens with zero attached hydrogens (tertiary/aromatic N) is 3. The Morgan fingerprint density at radius 1 is 1.52 bits per heavy atom. The highest BCUT2D eigenvalue weighted by atomic mass is 32.1. The van der Waals surface area contributed by atoms with E-state index in [2.05, 4.69) is 20.2 Å². The Morgan fingerprint density at radius 3 is 3.04 bits per heavy atom. The van der Waals surface area contributed by atoms with Crippen LogP contribution in [0.3, 0.4) is 0 Å². The van der Waals surface area contributed by atoms with E-state index in [1.165, 1.54) is 18.4 Å². The first kappa shape index (κ1) is 15.6. The summed E-state index contributed by atoms with van der Waals surface area (Å²) in [4.78, 5) is 30.9. The van der Waals surface area contributed by atoms with E-state index in [9.17, 15) is 9.59 Å². The Labute approximate surface area is 136 Å². The van der Waals surface area contributed by atoms with Crippen LogP contribution in [0.2, 0.25) is 0 Å². The number of aromatic nitrogens is 2. The molecule has 0 saturated heterocycles. The van der Waals surface area contributed by atoms with Gasteiger partial charge >= 0.3 is 5.97 Å². The lowest BCUT2D eigenvalue weighted by atomic mass is 10.2. The van der Waals surface area contributed by atoms with E-state index < -0.39 is 0 Å². The summed E-state index contributed by atoms with van der Waals surface area (Å²) >= 11 is 1.41. The molecule has 0 fully saturated rings. The highest BCUT2D eigenvalue weighted by molar-refractivity contribution is 7.15. The van der Waals surface area contributed by atoms with Crippen LogP contribution < -0.4 is 5.32 Å². The quantitative estimate of drug-likeness (QED) is 0.838. The molecule has 0 aromatic carbocycles. The zero-order chi connectivity index (χ0) is 16.4. The molecule has 3 rings (SSSR count). The summed E-state index contributed by atoms with van der Waals surface area (Å²) in [5.41, 5.74) is 1.19. The van der Waals surface area contributed by atoms with Gasteiger partial charge in [-0.3, -0.25) is 19.8 Å². The highest BCUT2D eigenvalue weighted by Gasteiger charge is 2.23. The van der Waals surface area contributed by atoms with E-state index in [1.807, 2.05) is 4.90 Å². The molecule has 2 aromatic heterocycles. The van der Waals surface area contributed by atoms with Crippen LogP contribution in [0.1, 0.15) is 26.8 Å². The Morgan fingerprint density at radius 2 is 2.35 bits per heavy atom. The number of carbonyl (C=O) groups excluding carboxylic acids is 2. The number of fused-ring (bicyclic) bond motifs is 1. The van der Waals surface area contributed by atoms with Crippen molar-refractivity contribution in [2.24, 2.45) is 0 Å². The van der Waals surface area contributed by atoms with Gasteiger partial charge in [0.25, 0.3) is 5.91 Å². The minimum atomic E-state index is -0.348. The lowest BCUT2D eigenvalue weighted by molar-refractivity contribution is -0.142. The van der Waals surface area contributed by atoms with Gasteiger partial charge in [0.2, 0.25) is 0 Å². The van der Waals surface area contributed by atoms with Gasteiger partial charge in [-0.15, -0.1) is 11.3 Å². The predicted molar refractivity (Wildman–Crippen MR) is 82.3 cm³/mol. The Bertz CT molecular complexity index is 739. The molecule has 1 aliphatic rings. The third-order valence-corrected chi connectivity index (χ3v) is 4.47. The van der Waals surface area contributed by atoms with Crippen LogP contribution >= 0.6 is 11.3 Å². The average Bonchev–Trinajstić information content (AvgIpc) is 3.12.